The molecule has 5 nitrogen and oxygen atoms in total. The van der Waals surface area contributed by atoms with Crippen LogP contribution in [0.1, 0.15) is 15.9 Å². The molecule has 2 aromatic carbocycles. The Labute approximate surface area is 180 Å². The summed E-state index contributed by atoms with van der Waals surface area (Å²) in [5.41, 5.74) is 2.37. The van der Waals surface area contributed by atoms with Crippen molar-refractivity contribution in [2.24, 2.45) is 0 Å². The van der Waals surface area contributed by atoms with Crippen molar-refractivity contribution in [3.8, 4) is 5.75 Å². The summed E-state index contributed by atoms with van der Waals surface area (Å²) in [6.07, 6.45) is 0. The van der Waals surface area contributed by atoms with Crippen molar-refractivity contribution in [1.82, 2.24) is 9.88 Å². The molecular weight excluding hydrogens is 417 g/mol. The fraction of sp³-hybridized carbons (Fsp3) is 0.300. The summed E-state index contributed by atoms with van der Waals surface area (Å²) in [5.74, 6) is 0.571. The molecule has 3 aromatic rings. The van der Waals surface area contributed by atoms with Crippen molar-refractivity contribution in [2.45, 2.75) is 6.92 Å². The van der Waals surface area contributed by atoms with Gasteiger partial charge in [0.15, 0.2) is 5.13 Å². The van der Waals surface area contributed by atoms with Crippen LogP contribution >= 0.6 is 35.3 Å². The highest BCUT2D eigenvalue weighted by Crippen LogP contribution is 2.39. The number of halogens is 2. The average molecular weight is 440 g/mol. The summed E-state index contributed by atoms with van der Waals surface area (Å²) in [5, 5.41) is 1.22. The molecule has 0 aliphatic carbocycles. The molecule has 3 rings (SSSR count). The molecule has 1 aromatic heterocycles. The number of aryl methyl sites for hydroxylation is 1. The molecule has 8 heteroatoms. The van der Waals surface area contributed by atoms with E-state index in [0.717, 1.165) is 16.8 Å². The summed E-state index contributed by atoms with van der Waals surface area (Å²) in [6, 6.07) is 11.2. The molecule has 0 fully saturated rings. The number of fused-ring (bicyclic) bond motifs is 1. The van der Waals surface area contributed by atoms with Crippen LogP contribution in [0.2, 0.25) is 5.02 Å². The third-order valence-electron chi connectivity index (χ3n) is 4.18. The van der Waals surface area contributed by atoms with E-state index >= 15 is 0 Å². The van der Waals surface area contributed by atoms with Gasteiger partial charge < -0.3 is 9.64 Å². The van der Waals surface area contributed by atoms with E-state index in [4.69, 9.17) is 16.3 Å². The quantitative estimate of drug-likeness (QED) is 0.547. The van der Waals surface area contributed by atoms with Crippen LogP contribution in [-0.4, -0.2) is 50.1 Å². The molecule has 1 heterocycles. The van der Waals surface area contributed by atoms with Crippen molar-refractivity contribution in [3.05, 3.63) is 52.5 Å². The Hall–Kier alpha value is -1.86. The minimum absolute atomic E-state index is 0. The maximum absolute atomic E-state index is 13.2. The number of carbonyl (C=O) groups excluding carboxylic acids is 1. The lowest BCUT2D eigenvalue weighted by atomic mass is 10.1. The Morgan fingerprint density at radius 1 is 1.21 bits per heavy atom. The van der Waals surface area contributed by atoms with Gasteiger partial charge in [0.25, 0.3) is 5.91 Å². The van der Waals surface area contributed by atoms with Crippen LogP contribution in [0, 0.1) is 6.92 Å². The number of benzene rings is 2. The number of carbonyl (C=O) groups is 1. The normalized spacial score (nSPS) is 10.8. The maximum atomic E-state index is 13.2. The fourth-order valence-corrected chi connectivity index (χ4v) is 4.02. The van der Waals surface area contributed by atoms with E-state index in [0.29, 0.717) is 33.5 Å². The smallest absolute Gasteiger partial charge is 0.260 e. The average Bonchev–Trinajstić information content (AvgIpc) is 3.08. The van der Waals surface area contributed by atoms with Crippen LogP contribution in [0.3, 0.4) is 0 Å². The molecule has 0 aliphatic heterocycles. The second-order valence-corrected chi connectivity index (χ2v) is 7.94. The van der Waals surface area contributed by atoms with Crippen molar-refractivity contribution in [2.75, 3.05) is 39.2 Å². The van der Waals surface area contributed by atoms with Crippen LogP contribution in [0.4, 0.5) is 5.13 Å². The van der Waals surface area contributed by atoms with Crippen LogP contribution in [-0.2, 0) is 0 Å². The number of methoxy groups -OCH3 is 1. The molecule has 0 bridgehead atoms. The van der Waals surface area contributed by atoms with Crippen LogP contribution < -0.4 is 9.64 Å². The number of anilines is 1. The lowest BCUT2D eigenvalue weighted by Crippen LogP contribution is -2.36. The topological polar surface area (TPSA) is 45.7 Å². The highest BCUT2D eigenvalue weighted by atomic mass is 35.5. The summed E-state index contributed by atoms with van der Waals surface area (Å²) in [7, 11) is 5.56. The third-order valence-corrected chi connectivity index (χ3v) is 5.72. The predicted molar refractivity (Wildman–Crippen MR) is 120 cm³/mol. The molecule has 0 saturated heterocycles. The Kier molecular flexibility index (Phi) is 7.66. The molecule has 0 radical (unpaired) electrons. The number of ether oxygens (including phenoxy) is 1. The number of hydrogen-bond acceptors (Lipinski definition) is 5. The molecule has 0 aliphatic rings. The molecule has 0 saturated carbocycles. The highest BCUT2D eigenvalue weighted by Gasteiger charge is 2.23. The lowest BCUT2D eigenvalue weighted by molar-refractivity contribution is 0.0985. The van der Waals surface area contributed by atoms with Gasteiger partial charge in [-0.05, 0) is 45.3 Å². The van der Waals surface area contributed by atoms with Gasteiger partial charge >= 0.3 is 0 Å². The van der Waals surface area contributed by atoms with Gasteiger partial charge in [-0.3, -0.25) is 9.69 Å². The minimum atomic E-state index is -0.0744. The first-order valence-electron chi connectivity index (χ1n) is 8.57. The van der Waals surface area contributed by atoms with Gasteiger partial charge in [-0.1, -0.05) is 40.6 Å². The van der Waals surface area contributed by atoms with Crippen molar-refractivity contribution in [3.63, 3.8) is 0 Å². The Bertz CT molecular complexity index is 975. The first kappa shape index (κ1) is 22.4. The first-order valence-corrected chi connectivity index (χ1v) is 9.76. The largest absolute Gasteiger partial charge is 0.494 e. The third kappa shape index (κ3) is 4.75. The van der Waals surface area contributed by atoms with E-state index in [2.05, 4.69) is 4.98 Å². The summed E-state index contributed by atoms with van der Waals surface area (Å²) >= 11 is 7.76. The number of rotatable bonds is 6. The lowest BCUT2D eigenvalue weighted by Gasteiger charge is -2.22. The maximum Gasteiger partial charge on any atom is 0.260 e. The zero-order valence-electron chi connectivity index (χ0n) is 16.2. The summed E-state index contributed by atoms with van der Waals surface area (Å²) < 4.78 is 6.23. The molecule has 1 amide bonds. The summed E-state index contributed by atoms with van der Waals surface area (Å²) in [6.45, 7) is 3.22. The molecule has 0 unspecified atom stereocenters. The fourth-order valence-electron chi connectivity index (χ4n) is 2.74. The Morgan fingerprint density at radius 3 is 2.61 bits per heavy atom. The van der Waals surface area contributed by atoms with Gasteiger partial charge in [0.05, 0.1) is 16.8 Å². The van der Waals surface area contributed by atoms with Crippen LogP contribution in [0.25, 0.3) is 10.2 Å². The highest BCUT2D eigenvalue weighted by molar-refractivity contribution is 7.23. The number of likely N-dealkylation sites (N-methyl/N-ethyl adjacent to an activating group) is 1. The molecule has 28 heavy (non-hydrogen) atoms. The van der Waals surface area contributed by atoms with E-state index in [9.17, 15) is 4.79 Å². The van der Waals surface area contributed by atoms with Crippen LogP contribution in [0.5, 0.6) is 5.75 Å². The Balaban J connectivity index is 0.00000280. The van der Waals surface area contributed by atoms with Crippen molar-refractivity contribution in [1.29, 1.82) is 0 Å². The molecule has 150 valence electrons. The summed E-state index contributed by atoms with van der Waals surface area (Å²) in [4.78, 5) is 21.7. The van der Waals surface area contributed by atoms with E-state index in [1.807, 2.05) is 50.2 Å². The van der Waals surface area contributed by atoms with E-state index in [1.165, 1.54) is 11.3 Å². The van der Waals surface area contributed by atoms with E-state index in [1.54, 1.807) is 24.1 Å². The van der Waals surface area contributed by atoms with Gasteiger partial charge in [-0.2, -0.15) is 0 Å². The number of thiazole rings is 1. The van der Waals surface area contributed by atoms with Gasteiger partial charge in [-0.25, -0.2) is 4.98 Å². The van der Waals surface area contributed by atoms with Gasteiger partial charge in [0, 0.05) is 18.7 Å². The molecule has 0 spiro atoms. The van der Waals surface area contributed by atoms with Crippen LogP contribution in [0.15, 0.2) is 36.4 Å². The van der Waals surface area contributed by atoms with E-state index in [-0.39, 0.29) is 18.3 Å². The number of hydrogen-bond donors (Lipinski definition) is 0. The SMILES string of the molecule is COc1ccc(Cl)c2sc(N(CCN(C)C)C(=O)c3cccc(C)c3)nc12.Cl. The molecule has 0 N–H and O–H groups in total. The zero-order chi connectivity index (χ0) is 19.6. The monoisotopic (exact) mass is 439 g/mol. The van der Waals surface area contributed by atoms with Crippen molar-refractivity contribution >= 4 is 56.6 Å². The standard InChI is InChI=1S/C20H22ClN3O2S.ClH/c1-13-6-5-7-14(12-13)19(25)24(11-10-23(2)3)20-22-17-16(26-4)9-8-15(21)18(17)27-20;/h5-9,12H,10-11H2,1-4H3;1H. The number of nitrogens with zero attached hydrogens (tertiary/aromatic N) is 3. The molecular formula is C20H23Cl2N3O2S. The minimum Gasteiger partial charge on any atom is -0.494 e. The zero-order valence-corrected chi connectivity index (χ0v) is 18.6. The van der Waals surface area contributed by atoms with Gasteiger partial charge in [0.1, 0.15) is 11.3 Å². The van der Waals surface area contributed by atoms with E-state index < -0.39 is 0 Å². The first-order chi connectivity index (χ1) is 12.9. The second-order valence-electron chi connectivity index (χ2n) is 6.55. The van der Waals surface area contributed by atoms with Gasteiger partial charge in [-0.15, -0.1) is 12.4 Å². The number of aromatic nitrogens is 1. The predicted octanol–water partition coefficient (Wildman–Crippen LogP) is 4.90. The van der Waals surface area contributed by atoms with Crippen molar-refractivity contribution < 1.29 is 9.53 Å². The van der Waals surface area contributed by atoms with Gasteiger partial charge in [0.2, 0.25) is 0 Å². The molecule has 0 atom stereocenters. The number of amides is 1. The second kappa shape index (κ2) is 9.56. The Morgan fingerprint density at radius 2 is 1.96 bits per heavy atom.